The van der Waals surface area contributed by atoms with Crippen LogP contribution in [0.3, 0.4) is 0 Å². The van der Waals surface area contributed by atoms with Crippen LogP contribution >= 0.6 is 0 Å². The van der Waals surface area contributed by atoms with Gasteiger partial charge in [-0.25, -0.2) is 8.78 Å². The zero-order valence-corrected chi connectivity index (χ0v) is 6.97. The summed E-state index contributed by atoms with van der Waals surface area (Å²) >= 11 is 0. The van der Waals surface area contributed by atoms with Crippen molar-refractivity contribution in [3.8, 4) is 0 Å². The number of amides is 1. The van der Waals surface area contributed by atoms with Gasteiger partial charge in [-0.1, -0.05) is 0 Å². The molecule has 3 nitrogen and oxygen atoms in total. The highest BCUT2D eigenvalue weighted by Gasteiger charge is 2.09. The van der Waals surface area contributed by atoms with E-state index in [4.69, 9.17) is 5.73 Å². The summed E-state index contributed by atoms with van der Waals surface area (Å²) in [6.07, 6.45) is 0. The molecule has 1 heterocycles. The second-order valence-corrected chi connectivity index (χ2v) is 2.90. The maximum Gasteiger partial charge on any atom is 0.265 e. The minimum absolute atomic E-state index is 0.130. The van der Waals surface area contributed by atoms with E-state index < -0.39 is 17.5 Å². The number of nitrogens with two attached hydrogens (primary N) is 1. The summed E-state index contributed by atoms with van der Waals surface area (Å²) < 4.78 is 25.5. The van der Waals surface area contributed by atoms with E-state index in [1.165, 1.54) is 6.07 Å². The molecule has 5 heteroatoms. The smallest absolute Gasteiger partial charge is 0.265 e. The maximum absolute atomic E-state index is 12.8. The van der Waals surface area contributed by atoms with E-state index in [0.717, 1.165) is 12.1 Å². The summed E-state index contributed by atoms with van der Waals surface area (Å²) in [5.41, 5.74) is 5.47. The van der Waals surface area contributed by atoms with Crippen LogP contribution in [0.1, 0.15) is 10.5 Å². The first-order valence-corrected chi connectivity index (χ1v) is 3.85. The Balaban J connectivity index is 2.72. The number of H-pyrrole nitrogens is 1. The van der Waals surface area contributed by atoms with Crippen molar-refractivity contribution in [2.45, 2.75) is 0 Å². The zero-order valence-electron chi connectivity index (χ0n) is 6.97. The summed E-state index contributed by atoms with van der Waals surface area (Å²) in [6, 6.07) is 3.37. The van der Waals surface area contributed by atoms with Gasteiger partial charge >= 0.3 is 0 Å². The van der Waals surface area contributed by atoms with Crippen LogP contribution in [0.25, 0.3) is 10.9 Å². The summed E-state index contributed by atoms with van der Waals surface area (Å²) in [5.74, 6) is -2.58. The lowest BCUT2D eigenvalue weighted by Crippen LogP contribution is -2.10. The summed E-state index contributed by atoms with van der Waals surface area (Å²) in [7, 11) is 0. The van der Waals surface area contributed by atoms with Crippen LogP contribution in [0.5, 0.6) is 0 Å². The Kier molecular flexibility index (Phi) is 1.73. The number of aromatic amines is 1. The molecule has 0 aliphatic heterocycles. The predicted molar refractivity (Wildman–Crippen MR) is 46.7 cm³/mol. The molecule has 14 heavy (non-hydrogen) atoms. The normalized spacial score (nSPS) is 10.7. The molecule has 0 radical (unpaired) electrons. The second-order valence-electron chi connectivity index (χ2n) is 2.90. The molecule has 1 amide bonds. The van der Waals surface area contributed by atoms with Gasteiger partial charge in [0.1, 0.15) is 5.69 Å². The average Bonchev–Trinajstić information content (AvgIpc) is 2.48. The topological polar surface area (TPSA) is 58.9 Å². The van der Waals surface area contributed by atoms with E-state index in [-0.39, 0.29) is 5.69 Å². The first kappa shape index (κ1) is 8.68. The highest BCUT2D eigenvalue weighted by atomic mass is 19.2. The maximum atomic E-state index is 12.8. The largest absolute Gasteiger partial charge is 0.364 e. The Morgan fingerprint density at radius 2 is 1.86 bits per heavy atom. The molecule has 72 valence electrons. The van der Waals surface area contributed by atoms with Crippen molar-refractivity contribution in [3.63, 3.8) is 0 Å². The number of aromatic nitrogens is 1. The van der Waals surface area contributed by atoms with Gasteiger partial charge in [-0.05, 0) is 12.1 Å². The van der Waals surface area contributed by atoms with E-state index in [1.807, 2.05) is 0 Å². The molecular formula is C9H6F2N2O. The van der Waals surface area contributed by atoms with Gasteiger partial charge in [-0.15, -0.1) is 0 Å². The van der Waals surface area contributed by atoms with Crippen LogP contribution in [0.2, 0.25) is 0 Å². The van der Waals surface area contributed by atoms with Crippen molar-refractivity contribution >= 4 is 16.8 Å². The molecule has 0 bridgehead atoms. The number of carbonyl (C=O) groups is 1. The molecular weight excluding hydrogens is 190 g/mol. The van der Waals surface area contributed by atoms with Gasteiger partial charge in [0, 0.05) is 17.0 Å². The van der Waals surface area contributed by atoms with Crippen LogP contribution in [-0.2, 0) is 0 Å². The van der Waals surface area contributed by atoms with E-state index in [9.17, 15) is 13.6 Å². The van der Waals surface area contributed by atoms with Crippen molar-refractivity contribution in [2.75, 3.05) is 0 Å². The predicted octanol–water partition coefficient (Wildman–Crippen LogP) is 1.54. The van der Waals surface area contributed by atoms with Gasteiger partial charge in [0.05, 0.1) is 0 Å². The number of fused-ring (bicyclic) bond motifs is 1. The molecule has 0 aliphatic rings. The van der Waals surface area contributed by atoms with Crippen molar-refractivity contribution in [3.05, 3.63) is 35.5 Å². The van der Waals surface area contributed by atoms with Gasteiger partial charge < -0.3 is 10.7 Å². The molecule has 3 N–H and O–H groups in total. The number of primary amides is 1. The fraction of sp³-hybridized carbons (Fsp3) is 0. The molecule has 1 aromatic heterocycles. The quantitative estimate of drug-likeness (QED) is 0.714. The lowest BCUT2D eigenvalue weighted by molar-refractivity contribution is 0.0996. The molecule has 0 spiro atoms. The van der Waals surface area contributed by atoms with Crippen LogP contribution < -0.4 is 5.73 Å². The van der Waals surface area contributed by atoms with Crippen molar-refractivity contribution in [2.24, 2.45) is 5.73 Å². The molecule has 1 aromatic carbocycles. The number of halogens is 2. The fourth-order valence-corrected chi connectivity index (χ4v) is 1.26. The van der Waals surface area contributed by atoms with Gasteiger partial charge in [0.2, 0.25) is 0 Å². The zero-order chi connectivity index (χ0) is 10.3. The molecule has 0 unspecified atom stereocenters. The highest BCUT2D eigenvalue weighted by molar-refractivity contribution is 5.96. The van der Waals surface area contributed by atoms with E-state index >= 15 is 0 Å². The first-order chi connectivity index (χ1) is 6.58. The molecule has 0 saturated heterocycles. The van der Waals surface area contributed by atoms with E-state index in [0.29, 0.717) is 10.9 Å². The van der Waals surface area contributed by atoms with Crippen LogP contribution in [0, 0.1) is 11.6 Å². The van der Waals surface area contributed by atoms with E-state index in [1.54, 1.807) is 0 Å². The van der Waals surface area contributed by atoms with Crippen molar-refractivity contribution in [1.29, 1.82) is 0 Å². The second kappa shape index (κ2) is 2.80. The Hall–Kier alpha value is -1.91. The lowest BCUT2D eigenvalue weighted by atomic mass is 10.2. The molecule has 0 atom stereocenters. The van der Waals surface area contributed by atoms with Crippen molar-refractivity contribution in [1.82, 2.24) is 4.98 Å². The summed E-state index contributed by atoms with van der Waals surface area (Å²) in [6.45, 7) is 0. The lowest BCUT2D eigenvalue weighted by Gasteiger charge is -1.91. The van der Waals surface area contributed by atoms with Gasteiger partial charge in [-0.2, -0.15) is 0 Å². The Morgan fingerprint density at radius 3 is 2.50 bits per heavy atom. The highest BCUT2D eigenvalue weighted by Crippen LogP contribution is 2.18. The number of carbonyl (C=O) groups excluding carboxylic acids is 1. The van der Waals surface area contributed by atoms with Crippen LogP contribution in [-0.4, -0.2) is 10.9 Å². The standard InChI is InChI=1S/C9H6F2N2O/c10-5-1-4-2-8(9(12)14)13-7(4)3-6(5)11/h1-3,13H,(H2,12,14). The number of hydrogen-bond acceptors (Lipinski definition) is 1. The summed E-state index contributed by atoms with van der Waals surface area (Å²) in [5, 5.41) is 0.415. The molecule has 0 fully saturated rings. The number of nitrogens with one attached hydrogen (secondary N) is 1. The van der Waals surface area contributed by atoms with Crippen LogP contribution in [0.4, 0.5) is 8.78 Å². The fourth-order valence-electron chi connectivity index (χ4n) is 1.26. The minimum atomic E-state index is -0.963. The third kappa shape index (κ3) is 1.22. The number of benzene rings is 1. The first-order valence-electron chi connectivity index (χ1n) is 3.85. The van der Waals surface area contributed by atoms with Gasteiger partial charge in [0.25, 0.3) is 5.91 Å². The Morgan fingerprint density at radius 1 is 1.21 bits per heavy atom. The third-order valence-corrected chi connectivity index (χ3v) is 1.93. The third-order valence-electron chi connectivity index (χ3n) is 1.93. The SMILES string of the molecule is NC(=O)c1cc2cc(F)c(F)cc2[nH]1. The average molecular weight is 196 g/mol. The van der Waals surface area contributed by atoms with Crippen LogP contribution in [0.15, 0.2) is 18.2 Å². The number of hydrogen-bond donors (Lipinski definition) is 2. The molecule has 2 aromatic rings. The Labute approximate surface area is 77.5 Å². The van der Waals surface area contributed by atoms with Crippen molar-refractivity contribution < 1.29 is 13.6 Å². The van der Waals surface area contributed by atoms with E-state index in [2.05, 4.69) is 4.98 Å². The van der Waals surface area contributed by atoms with Gasteiger partial charge in [-0.3, -0.25) is 4.79 Å². The molecule has 2 rings (SSSR count). The Bertz CT molecular complexity index is 480. The molecule has 0 aliphatic carbocycles. The monoisotopic (exact) mass is 196 g/mol. The molecule has 0 saturated carbocycles. The minimum Gasteiger partial charge on any atom is -0.364 e. The number of rotatable bonds is 1. The summed E-state index contributed by atoms with van der Waals surface area (Å²) in [4.78, 5) is 13.3. The van der Waals surface area contributed by atoms with Gasteiger partial charge in [0.15, 0.2) is 11.6 Å².